The van der Waals surface area contributed by atoms with Crippen molar-refractivity contribution < 1.29 is 22.7 Å². The van der Waals surface area contributed by atoms with Crippen LogP contribution in [0.4, 0.5) is 18.3 Å². The van der Waals surface area contributed by atoms with Gasteiger partial charge in [0.2, 0.25) is 5.88 Å². The van der Waals surface area contributed by atoms with Gasteiger partial charge in [-0.2, -0.15) is 18.3 Å². The lowest BCUT2D eigenvalue weighted by Crippen LogP contribution is -2.21. The molecule has 0 unspecified atom stereocenters. The van der Waals surface area contributed by atoms with Crippen LogP contribution in [-0.4, -0.2) is 38.0 Å². The van der Waals surface area contributed by atoms with Gasteiger partial charge in [-0.25, -0.2) is 9.67 Å². The lowest BCUT2D eigenvalue weighted by atomic mass is 10.2. The maximum absolute atomic E-state index is 13.7. The summed E-state index contributed by atoms with van der Waals surface area (Å²) < 4.78 is 47.3. The Kier molecular flexibility index (Phi) is 4.62. The number of carbonyl (C=O) groups is 1. The number of carbonyl (C=O) groups excluding carboxylic acids is 1. The molecule has 0 bridgehead atoms. The number of rotatable bonds is 4. The molecular weight excluding hydrogens is 409 g/mol. The standard InChI is InChI=1S/C17H11F3N6O2S/c1-28-13-7-6-12(24-25-13)26-14(17(18,19)20)9(8-21-26)15(27)23-16-22-10-4-2-3-5-11(10)29-16/h2-8H,1H3,(H,22,23,27). The molecule has 0 aliphatic rings. The summed E-state index contributed by atoms with van der Waals surface area (Å²) in [6.07, 6.45) is -4.03. The first-order valence-corrected chi connectivity index (χ1v) is 8.88. The van der Waals surface area contributed by atoms with Crippen LogP contribution in [0.25, 0.3) is 16.0 Å². The molecule has 4 rings (SSSR count). The Morgan fingerprint density at radius 3 is 2.62 bits per heavy atom. The summed E-state index contributed by atoms with van der Waals surface area (Å²) in [5.41, 5.74) is -1.29. The number of aromatic nitrogens is 5. The zero-order valence-corrected chi connectivity index (χ0v) is 15.5. The van der Waals surface area contributed by atoms with Gasteiger partial charge in [0, 0.05) is 6.07 Å². The smallest absolute Gasteiger partial charge is 0.434 e. The van der Waals surface area contributed by atoms with Crippen LogP contribution in [0.5, 0.6) is 5.88 Å². The topological polar surface area (TPSA) is 94.8 Å². The first-order valence-electron chi connectivity index (χ1n) is 8.07. The molecule has 0 spiro atoms. The van der Waals surface area contributed by atoms with Crippen LogP contribution < -0.4 is 10.1 Å². The van der Waals surface area contributed by atoms with Crippen molar-refractivity contribution in [3.05, 3.63) is 53.9 Å². The Labute approximate surface area is 165 Å². The van der Waals surface area contributed by atoms with Crippen molar-refractivity contribution in [2.75, 3.05) is 12.4 Å². The summed E-state index contributed by atoms with van der Waals surface area (Å²) in [4.78, 5) is 16.7. The third kappa shape index (κ3) is 3.61. The van der Waals surface area contributed by atoms with Gasteiger partial charge in [-0.1, -0.05) is 23.5 Å². The van der Waals surface area contributed by atoms with Crippen molar-refractivity contribution in [1.29, 1.82) is 0 Å². The van der Waals surface area contributed by atoms with Crippen LogP contribution in [0.2, 0.25) is 0 Å². The zero-order valence-electron chi connectivity index (χ0n) is 14.6. The molecule has 0 aliphatic carbocycles. The molecule has 3 heterocycles. The van der Waals surface area contributed by atoms with E-state index in [0.717, 1.165) is 22.2 Å². The van der Waals surface area contributed by atoms with Crippen LogP contribution in [0.1, 0.15) is 16.1 Å². The van der Waals surface area contributed by atoms with Crippen LogP contribution in [0.3, 0.4) is 0 Å². The number of amides is 1. The number of methoxy groups -OCH3 is 1. The number of para-hydroxylation sites is 1. The predicted octanol–water partition coefficient (Wildman–Crippen LogP) is 3.55. The average Bonchev–Trinajstić information content (AvgIpc) is 3.31. The van der Waals surface area contributed by atoms with Gasteiger partial charge >= 0.3 is 6.18 Å². The Hall–Kier alpha value is -3.54. The summed E-state index contributed by atoms with van der Waals surface area (Å²) in [7, 11) is 1.35. The van der Waals surface area contributed by atoms with Crippen molar-refractivity contribution in [2.24, 2.45) is 0 Å². The highest BCUT2D eigenvalue weighted by atomic mass is 32.1. The monoisotopic (exact) mass is 420 g/mol. The Morgan fingerprint density at radius 1 is 1.17 bits per heavy atom. The number of halogens is 3. The van der Waals surface area contributed by atoms with E-state index in [1.165, 1.54) is 19.2 Å². The van der Waals surface area contributed by atoms with Crippen molar-refractivity contribution in [2.45, 2.75) is 6.18 Å². The molecule has 0 fully saturated rings. The van der Waals surface area contributed by atoms with E-state index >= 15 is 0 Å². The number of hydrogen-bond acceptors (Lipinski definition) is 7. The largest absolute Gasteiger partial charge is 0.480 e. The molecule has 148 valence electrons. The highest BCUT2D eigenvalue weighted by molar-refractivity contribution is 7.22. The molecule has 8 nitrogen and oxygen atoms in total. The van der Waals surface area contributed by atoms with E-state index in [2.05, 4.69) is 25.6 Å². The SMILES string of the molecule is COc1ccc(-n2ncc(C(=O)Nc3nc4ccccc4s3)c2C(F)(F)F)nn1. The number of fused-ring (bicyclic) bond motifs is 1. The van der Waals surface area contributed by atoms with E-state index in [4.69, 9.17) is 4.74 Å². The maximum Gasteiger partial charge on any atom is 0.434 e. The van der Waals surface area contributed by atoms with Gasteiger partial charge < -0.3 is 4.74 Å². The fraction of sp³-hybridized carbons (Fsp3) is 0.118. The van der Waals surface area contributed by atoms with Crippen LogP contribution in [-0.2, 0) is 6.18 Å². The molecule has 0 saturated heterocycles. The summed E-state index contributed by atoms with van der Waals surface area (Å²) in [6.45, 7) is 0. The number of alkyl halides is 3. The number of ether oxygens (including phenoxy) is 1. The molecule has 0 saturated carbocycles. The number of nitrogens with one attached hydrogen (secondary N) is 1. The summed E-state index contributed by atoms with van der Waals surface area (Å²) >= 11 is 1.15. The van der Waals surface area contributed by atoms with Crippen molar-refractivity contribution >= 4 is 32.6 Å². The minimum Gasteiger partial charge on any atom is -0.480 e. The van der Waals surface area contributed by atoms with Gasteiger partial charge in [-0.3, -0.25) is 10.1 Å². The summed E-state index contributed by atoms with van der Waals surface area (Å²) in [5.74, 6) is -1.07. The van der Waals surface area contributed by atoms with Gasteiger partial charge in [0.05, 0.1) is 29.1 Å². The number of anilines is 1. The molecule has 1 amide bonds. The van der Waals surface area contributed by atoms with Crippen LogP contribution in [0.15, 0.2) is 42.6 Å². The minimum atomic E-state index is -4.86. The van der Waals surface area contributed by atoms with E-state index in [-0.39, 0.29) is 16.8 Å². The molecule has 1 N–H and O–H groups in total. The first-order chi connectivity index (χ1) is 13.9. The van der Waals surface area contributed by atoms with E-state index in [1.54, 1.807) is 24.3 Å². The Morgan fingerprint density at radius 2 is 1.97 bits per heavy atom. The Bertz CT molecular complexity index is 1150. The molecule has 12 heteroatoms. The Balaban J connectivity index is 1.70. The van der Waals surface area contributed by atoms with E-state index in [1.807, 2.05) is 0 Å². The van der Waals surface area contributed by atoms with Crippen LogP contribution >= 0.6 is 11.3 Å². The minimum absolute atomic E-state index is 0.128. The van der Waals surface area contributed by atoms with Crippen molar-refractivity contribution in [1.82, 2.24) is 25.0 Å². The second-order valence-electron chi connectivity index (χ2n) is 5.69. The second-order valence-corrected chi connectivity index (χ2v) is 6.72. The average molecular weight is 420 g/mol. The molecule has 0 radical (unpaired) electrons. The third-order valence-electron chi connectivity index (χ3n) is 3.85. The highest BCUT2D eigenvalue weighted by Crippen LogP contribution is 2.34. The second kappa shape index (κ2) is 7.13. The normalized spacial score (nSPS) is 11.6. The number of thiazole rings is 1. The molecule has 0 aliphatic heterocycles. The maximum atomic E-state index is 13.7. The number of nitrogens with zero attached hydrogens (tertiary/aromatic N) is 5. The number of benzene rings is 1. The molecular formula is C17H11F3N6O2S. The molecule has 4 aromatic rings. The van der Waals surface area contributed by atoms with Crippen molar-refractivity contribution in [3.8, 4) is 11.7 Å². The third-order valence-corrected chi connectivity index (χ3v) is 4.80. The summed E-state index contributed by atoms with van der Waals surface area (Å²) in [6, 6.07) is 9.70. The highest BCUT2D eigenvalue weighted by Gasteiger charge is 2.41. The fourth-order valence-electron chi connectivity index (χ4n) is 2.59. The fourth-order valence-corrected chi connectivity index (χ4v) is 3.45. The molecule has 0 atom stereocenters. The van der Waals surface area contributed by atoms with Gasteiger partial charge in [0.1, 0.15) is 0 Å². The van der Waals surface area contributed by atoms with Crippen LogP contribution in [0, 0.1) is 0 Å². The summed E-state index contributed by atoms with van der Waals surface area (Å²) in [5, 5.41) is 13.6. The molecule has 29 heavy (non-hydrogen) atoms. The molecule has 1 aromatic carbocycles. The molecule has 3 aromatic heterocycles. The van der Waals surface area contributed by atoms with Gasteiger partial charge in [-0.05, 0) is 18.2 Å². The van der Waals surface area contributed by atoms with E-state index in [0.29, 0.717) is 10.2 Å². The number of hydrogen-bond donors (Lipinski definition) is 1. The van der Waals surface area contributed by atoms with E-state index in [9.17, 15) is 18.0 Å². The van der Waals surface area contributed by atoms with Gasteiger partial charge in [0.25, 0.3) is 5.91 Å². The first kappa shape index (κ1) is 18.8. The predicted molar refractivity (Wildman–Crippen MR) is 98.3 cm³/mol. The quantitative estimate of drug-likeness (QED) is 0.543. The lowest BCUT2D eigenvalue weighted by Gasteiger charge is -2.11. The van der Waals surface area contributed by atoms with Crippen molar-refractivity contribution in [3.63, 3.8) is 0 Å². The van der Waals surface area contributed by atoms with E-state index < -0.39 is 23.3 Å². The van der Waals surface area contributed by atoms with Gasteiger partial charge in [0.15, 0.2) is 16.6 Å². The zero-order chi connectivity index (χ0) is 20.6. The lowest BCUT2D eigenvalue weighted by molar-refractivity contribution is -0.143. The van der Waals surface area contributed by atoms with Gasteiger partial charge in [-0.15, -0.1) is 10.2 Å².